The Morgan fingerprint density at radius 3 is 2.39 bits per heavy atom. The van der Waals surface area contributed by atoms with Crippen molar-refractivity contribution in [1.29, 1.82) is 0 Å². The Labute approximate surface area is 113 Å². The summed E-state index contributed by atoms with van der Waals surface area (Å²) in [5.74, 6) is 1.12. The van der Waals surface area contributed by atoms with Gasteiger partial charge in [0.15, 0.2) is 0 Å². The van der Waals surface area contributed by atoms with Crippen molar-refractivity contribution in [2.45, 2.75) is 6.04 Å². The predicted molar refractivity (Wildman–Crippen MR) is 78.9 cm³/mol. The summed E-state index contributed by atoms with van der Waals surface area (Å²) in [4.78, 5) is 4.09. The van der Waals surface area contributed by atoms with Gasteiger partial charge >= 0.3 is 0 Å². The normalized spacial score (nSPS) is 12.3. The summed E-state index contributed by atoms with van der Waals surface area (Å²) in [6, 6.07) is 14.9. The molecule has 0 aliphatic heterocycles. The molecule has 0 aliphatic rings. The smallest absolute Gasteiger partial charge is 0.0578 e. The fourth-order valence-corrected chi connectivity index (χ4v) is 2.26. The van der Waals surface area contributed by atoms with E-state index in [9.17, 15) is 0 Å². The van der Waals surface area contributed by atoms with Gasteiger partial charge in [-0.25, -0.2) is 0 Å². The average Bonchev–Trinajstić information content (AvgIpc) is 2.46. The van der Waals surface area contributed by atoms with Gasteiger partial charge in [0.05, 0.1) is 6.04 Å². The van der Waals surface area contributed by atoms with Gasteiger partial charge in [0.2, 0.25) is 0 Å². The van der Waals surface area contributed by atoms with Crippen LogP contribution in [0.3, 0.4) is 0 Å². The van der Waals surface area contributed by atoms with Gasteiger partial charge in [-0.1, -0.05) is 30.3 Å². The third kappa shape index (κ3) is 3.59. The summed E-state index contributed by atoms with van der Waals surface area (Å²) in [5, 5.41) is 3.60. The lowest BCUT2D eigenvalue weighted by atomic mass is 10.00. The Kier molecular flexibility index (Phi) is 5.24. The molecule has 0 spiro atoms. The number of hydrogen-bond acceptors (Lipinski definition) is 3. The highest BCUT2D eigenvalue weighted by Gasteiger charge is 2.12. The average molecular weight is 258 g/mol. The Balaban J connectivity index is 2.18. The first-order chi connectivity index (χ1) is 8.92. The molecule has 3 heteroatoms. The molecule has 0 radical (unpaired) electrons. The number of pyridine rings is 1. The minimum Gasteiger partial charge on any atom is -0.305 e. The summed E-state index contributed by atoms with van der Waals surface area (Å²) in [6.07, 6.45) is 5.83. The maximum atomic E-state index is 4.09. The van der Waals surface area contributed by atoms with Gasteiger partial charge in [-0.05, 0) is 29.5 Å². The molecule has 0 saturated carbocycles. The molecule has 2 rings (SSSR count). The summed E-state index contributed by atoms with van der Waals surface area (Å²) in [6.45, 7) is 1.00. The lowest BCUT2D eigenvalue weighted by Gasteiger charge is -2.19. The molecular formula is C15H18N2S. The monoisotopic (exact) mass is 258 g/mol. The Hall–Kier alpha value is -1.32. The van der Waals surface area contributed by atoms with Crippen LogP contribution in [0.15, 0.2) is 54.9 Å². The van der Waals surface area contributed by atoms with E-state index in [2.05, 4.69) is 59.0 Å². The van der Waals surface area contributed by atoms with Crippen molar-refractivity contribution < 1.29 is 0 Å². The van der Waals surface area contributed by atoms with E-state index in [0.717, 1.165) is 12.3 Å². The quantitative estimate of drug-likeness (QED) is 0.806. The summed E-state index contributed by atoms with van der Waals surface area (Å²) < 4.78 is 0. The molecule has 1 aromatic carbocycles. The minimum atomic E-state index is 0.251. The van der Waals surface area contributed by atoms with Gasteiger partial charge < -0.3 is 5.32 Å². The zero-order valence-electron chi connectivity index (χ0n) is 10.5. The second kappa shape index (κ2) is 7.19. The molecule has 2 nitrogen and oxygen atoms in total. The van der Waals surface area contributed by atoms with Crippen LogP contribution in [0.2, 0.25) is 0 Å². The van der Waals surface area contributed by atoms with Crippen LogP contribution >= 0.6 is 11.8 Å². The van der Waals surface area contributed by atoms with E-state index in [0.29, 0.717) is 0 Å². The highest BCUT2D eigenvalue weighted by Crippen LogP contribution is 2.21. The number of hydrogen-bond donors (Lipinski definition) is 1. The number of aromatic nitrogens is 1. The van der Waals surface area contributed by atoms with Crippen molar-refractivity contribution in [2.75, 3.05) is 18.6 Å². The van der Waals surface area contributed by atoms with Crippen molar-refractivity contribution in [2.24, 2.45) is 0 Å². The summed E-state index contributed by atoms with van der Waals surface area (Å²) in [5.41, 5.74) is 2.56. The Morgan fingerprint density at radius 1 is 1.06 bits per heavy atom. The number of nitrogens with zero attached hydrogens (tertiary/aromatic N) is 1. The Bertz CT molecular complexity index is 405. The van der Waals surface area contributed by atoms with Crippen molar-refractivity contribution in [3.8, 4) is 0 Å². The lowest BCUT2D eigenvalue weighted by Crippen LogP contribution is -2.24. The van der Waals surface area contributed by atoms with Gasteiger partial charge in [0.25, 0.3) is 0 Å². The SMILES string of the molecule is CSCCNC(c1ccccc1)c1ccncc1. The number of nitrogens with one attached hydrogen (secondary N) is 1. The maximum absolute atomic E-state index is 4.09. The molecule has 1 atom stereocenters. The van der Waals surface area contributed by atoms with E-state index >= 15 is 0 Å². The molecule has 0 saturated heterocycles. The van der Waals surface area contributed by atoms with Crippen LogP contribution in [0.5, 0.6) is 0 Å². The number of thioether (sulfide) groups is 1. The van der Waals surface area contributed by atoms with Gasteiger partial charge in [0.1, 0.15) is 0 Å². The first-order valence-corrected chi connectivity index (χ1v) is 7.48. The second-order valence-electron chi connectivity index (χ2n) is 4.07. The zero-order valence-corrected chi connectivity index (χ0v) is 11.4. The van der Waals surface area contributed by atoms with Crippen molar-refractivity contribution in [1.82, 2.24) is 10.3 Å². The number of benzene rings is 1. The van der Waals surface area contributed by atoms with Crippen LogP contribution in [0, 0.1) is 0 Å². The molecule has 18 heavy (non-hydrogen) atoms. The van der Waals surface area contributed by atoms with E-state index < -0.39 is 0 Å². The molecule has 1 unspecified atom stereocenters. The minimum absolute atomic E-state index is 0.251. The van der Waals surface area contributed by atoms with Crippen molar-refractivity contribution in [3.05, 3.63) is 66.0 Å². The van der Waals surface area contributed by atoms with Crippen LogP contribution in [0.1, 0.15) is 17.2 Å². The van der Waals surface area contributed by atoms with E-state index in [4.69, 9.17) is 0 Å². The van der Waals surface area contributed by atoms with Gasteiger partial charge in [-0.2, -0.15) is 11.8 Å². The highest BCUT2D eigenvalue weighted by atomic mass is 32.2. The standard InChI is InChI=1S/C15H18N2S/c1-18-12-11-17-15(13-5-3-2-4-6-13)14-7-9-16-10-8-14/h2-10,15,17H,11-12H2,1H3. The molecule has 1 N–H and O–H groups in total. The molecule has 1 aromatic heterocycles. The van der Waals surface area contributed by atoms with Gasteiger partial charge in [0, 0.05) is 24.7 Å². The van der Waals surface area contributed by atoms with E-state index in [-0.39, 0.29) is 6.04 Å². The van der Waals surface area contributed by atoms with Crippen LogP contribution in [-0.4, -0.2) is 23.5 Å². The maximum Gasteiger partial charge on any atom is 0.0578 e. The van der Waals surface area contributed by atoms with Crippen molar-refractivity contribution in [3.63, 3.8) is 0 Å². The zero-order chi connectivity index (χ0) is 12.6. The van der Waals surface area contributed by atoms with Crippen molar-refractivity contribution >= 4 is 11.8 Å². The second-order valence-corrected chi connectivity index (χ2v) is 5.06. The first kappa shape index (κ1) is 13.1. The summed E-state index contributed by atoms with van der Waals surface area (Å²) in [7, 11) is 0. The van der Waals surface area contributed by atoms with Gasteiger partial charge in [-0.3, -0.25) is 4.98 Å². The van der Waals surface area contributed by atoms with Crippen LogP contribution in [-0.2, 0) is 0 Å². The largest absolute Gasteiger partial charge is 0.305 e. The molecule has 0 amide bonds. The van der Waals surface area contributed by atoms with Crippen LogP contribution < -0.4 is 5.32 Å². The molecule has 1 heterocycles. The molecule has 0 bridgehead atoms. The Morgan fingerprint density at radius 2 is 1.72 bits per heavy atom. The molecule has 0 fully saturated rings. The third-order valence-corrected chi connectivity index (χ3v) is 3.44. The molecule has 0 aliphatic carbocycles. The fourth-order valence-electron chi connectivity index (χ4n) is 1.93. The molecule has 94 valence electrons. The summed E-state index contributed by atoms with van der Waals surface area (Å²) >= 11 is 1.86. The first-order valence-electron chi connectivity index (χ1n) is 6.09. The van der Waals surface area contributed by atoms with E-state index in [1.807, 2.05) is 24.2 Å². The van der Waals surface area contributed by atoms with E-state index in [1.165, 1.54) is 11.1 Å². The van der Waals surface area contributed by atoms with Crippen LogP contribution in [0.4, 0.5) is 0 Å². The predicted octanol–water partition coefficient (Wildman–Crippen LogP) is 3.12. The molecule has 2 aromatic rings. The van der Waals surface area contributed by atoms with E-state index in [1.54, 1.807) is 0 Å². The lowest BCUT2D eigenvalue weighted by molar-refractivity contribution is 0.634. The highest BCUT2D eigenvalue weighted by molar-refractivity contribution is 7.98. The van der Waals surface area contributed by atoms with Crippen LogP contribution in [0.25, 0.3) is 0 Å². The van der Waals surface area contributed by atoms with Gasteiger partial charge in [-0.15, -0.1) is 0 Å². The number of rotatable bonds is 6. The fraction of sp³-hybridized carbons (Fsp3) is 0.267. The molecular weight excluding hydrogens is 240 g/mol. The topological polar surface area (TPSA) is 24.9 Å². The third-order valence-electron chi connectivity index (χ3n) is 2.83.